The van der Waals surface area contributed by atoms with Crippen molar-refractivity contribution in [1.29, 1.82) is 0 Å². The van der Waals surface area contributed by atoms with E-state index < -0.39 is 24.2 Å². The van der Waals surface area contributed by atoms with Gasteiger partial charge in [0.05, 0.1) is 33.8 Å². The van der Waals surface area contributed by atoms with Gasteiger partial charge in [-0.3, -0.25) is 9.59 Å². The average molecular weight is 283 g/mol. The van der Waals surface area contributed by atoms with Gasteiger partial charge in [-0.05, 0) is 0 Å². The van der Waals surface area contributed by atoms with Crippen molar-refractivity contribution in [3.63, 3.8) is 0 Å². The number of nitrogens with two attached hydrogens (primary N) is 1. The first-order valence-corrected chi connectivity index (χ1v) is 5.76. The number of carboxylic acid groups (broad SMARTS) is 1. The van der Waals surface area contributed by atoms with E-state index in [1.165, 1.54) is 33.5 Å². The maximum Gasteiger partial charge on any atom is 0.305 e. The zero-order chi connectivity index (χ0) is 15.3. The summed E-state index contributed by atoms with van der Waals surface area (Å²) in [5, 5.41) is 8.70. The highest BCUT2D eigenvalue weighted by molar-refractivity contribution is 6.06. The minimum absolute atomic E-state index is 0.101. The molecule has 0 aliphatic heterocycles. The Morgan fingerprint density at radius 3 is 2.00 bits per heavy atom. The third-order valence-electron chi connectivity index (χ3n) is 2.69. The van der Waals surface area contributed by atoms with E-state index in [-0.39, 0.29) is 17.1 Å². The zero-order valence-corrected chi connectivity index (χ0v) is 11.5. The van der Waals surface area contributed by atoms with Gasteiger partial charge in [-0.2, -0.15) is 0 Å². The number of ether oxygens (including phenoxy) is 3. The van der Waals surface area contributed by atoms with Crippen LogP contribution in [0.1, 0.15) is 16.8 Å². The molecule has 0 spiro atoms. The summed E-state index contributed by atoms with van der Waals surface area (Å²) >= 11 is 0. The smallest absolute Gasteiger partial charge is 0.305 e. The van der Waals surface area contributed by atoms with Crippen molar-refractivity contribution in [3.05, 3.63) is 17.7 Å². The lowest BCUT2D eigenvalue weighted by atomic mass is 10.00. The maximum absolute atomic E-state index is 12.3. The lowest BCUT2D eigenvalue weighted by molar-refractivity contribution is -0.137. The van der Waals surface area contributed by atoms with Crippen LogP contribution in [-0.2, 0) is 4.79 Å². The standard InChI is InChI=1S/C13H17NO6/c1-18-7-4-9(19-2)12(10(5-7)20-3)13(17)8(14)6-11(15)16/h4-5,8H,6,14H2,1-3H3,(H,15,16). The summed E-state index contributed by atoms with van der Waals surface area (Å²) in [4.78, 5) is 22.9. The summed E-state index contributed by atoms with van der Waals surface area (Å²) in [7, 11) is 4.23. The molecule has 0 aromatic heterocycles. The maximum atomic E-state index is 12.3. The van der Waals surface area contributed by atoms with Crippen LogP contribution in [0.5, 0.6) is 17.2 Å². The topological polar surface area (TPSA) is 108 Å². The minimum Gasteiger partial charge on any atom is -0.496 e. The molecule has 0 saturated heterocycles. The van der Waals surface area contributed by atoms with Crippen LogP contribution in [-0.4, -0.2) is 44.2 Å². The van der Waals surface area contributed by atoms with E-state index in [9.17, 15) is 9.59 Å². The molecule has 7 nitrogen and oxygen atoms in total. The van der Waals surface area contributed by atoms with Gasteiger partial charge in [-0.25, -0.2) is 0 Å². The summed E-state index contributed by atoms with van der Waals surface area (Å²) in [6, 6.07) is 1.83. The lowest BCUT2D eigenvalue weighted by Crippen LogP contribution is -2.33. The number of carboxylic acids is 1. The summed E-state index contributed by atoms with van der Waals surface area (Å²) in [5.41, 5.74) is 5.70. The molecule has 0 heterocycles. The van der Waals surface area contributed by atoms with Crippen molar-refractivity contribution < 1.29 is 28.9 Å². The Labute approximate surface area is 116 Å². The molecule has 7 heteroatoms. The van der Waals surface area contributed by atoms with E-state index in [1.54, 1.807) is 0 Å². The molecule has 1 aromatic carbocycles. The summed E-state index contributed by atoms with van der Waals surface area (Å²) in [5.74, 6) is -0.845. The molecule has 3 N–H and O–H groups in total. The van der Waals surface area contributed by atoms with Crippen LogP contribution in [0.4, 0.5) is 0 Å². The van der Waals surface area contributed by atoms with Crippen LogP contribution in [0.25, 0.3) is 0 Å². The van der Waals surface area contributed by atoms with Gasteiger partial charge in [0.15, 0.2) is 5.78 Å². The van der Waals surface area contributed by atoms with Crippen molar-refractivity contribution in [2.45, 2.75) is 12.5 Å². The molecule has 0 saturated carbocycles. The highest BCUT2D eigenvalue weighted by Crippen LogP contribution is 2.34. The monoisotopic (exact) mass is 283 g/mol. The number of carbonyl (C=O) groups is 2. The first-order valence-electron chi connectivity index (χ1n) is 5.76. The Kier molecular flexibility index (Phi) is 5.33. The van der Waals surface area contributed by atoms with Crippen LogP contribution in [0, 0.1) is 0 Å². The molecule has 1 atom stereocenters. The van der Waals surface area contributed by atoms with Crippen LogP contribution in [0.2, 0.25) is 0 Å². The van der Waals surface area contributed by atoms with Gasteiger partial charge in [0, 0.05) is 12.1 Å². The van der Waals surface area contributed by atoms with Gasteiger partial charge in [0.2, 0.25) is 0 Å². The number of benzene rings is 1. The normalized spacial score (nSPS) is 11.6. The second-order valence-corrected chi connectivity index (χ2v) is 3.98. The molecule has 1 unspecified atom stereocenters. The molecule has 0 amide bonds. The quantitative estimate of drug-likeness (QED) is 0.709. The second kappa shape index (κ2) is 6.76. The van der Waals surface area contributed by atoms with Gasteiger partial charge in [-0.15, -0.1) is 0 Å². The lowest BCUT2D eigenvalue weighted by Gasteiger charge is -2.16. The number of rotatable bonds is 7. The van der Waals surface area contributed by atoms with Gasteiger partial charge in [0.1, 0.15) is 22.8 Å². The number of carbonyl (C=O) groups excluding carboxylic acids is 1. The number of methoxy groups -OCH3 is 3. The van der Waals surface area contributed by atoms with Crippen molar-refractivity contribution in [1.82, 2.24) is 0 Å². The van der Waals surface area contributed by atoms with E-state index in [2.05, 4.69) is 0 Å². The van der Waals surface area contributed by atoms with Gasteiger partial charge in [-0.1, -0.05) is 0 Å². The van der Waals surface area contributed by atoms with Crippen LogP contribution >= 0.6 is 0 Å². The number of aliphatic carboxylic acids is 1. The Hall–Kier alpha value is -2.28. The third kappa shape index (κ3) is 3.39. The molecule has 20 heavy (non-hydrogen) atoms. The fraction of sp³-hybridized carbons (Fsp3) is 0.385. The van der Waals surface area contributed by atoms with E-state index in [4.69, 9.17) is 25.1 Å². The first kappa shape index (κ1) is 15.8. The molecular weight excluding hydrogens is 266 g/mol. The Bertz CT molecular complexity index is 489. The molecule has 0 aliphatic rings. The first-order chi connectivity index (χ1) is 9.44. The molecule has 0 bridgehead atoms. The number of hydrogen-bond acceptors (Lipinski definition) is 6. The summed E-state index contributed by atoms with van der Waals surface area (Å²) < 4.78 is 15.3. The minimum atomic E-state index is -1.18. The molecular formula is C13H17NO6. The van der Waals surface area contributed by atoms with Crippen LogP contribution in [0.3, 0.4) is 0 Å². The van der Waals surface area contributed by atoms with Crippen molar-refractivity contribution in [3.8, 4) is 17.2 Å². The highest BCUT2D eigenvalue weighted by atomic mass is 16.5. The van der Waals surface area contributed by atoms with Crippen molar-refractivity contribution >= 4 is 11.8 Å². The van der Waals surface area contributed by atoms with Gasteiger partial charge >= 0.3 is 5.97 Å². The van der Waals surface area contributed by atoms with E-state index in [0.29, 0.717) is 5.75 Å². The highest BCUT2D eigenvalue weighted by Gasteiger charge is 2.26. The molecule has 1 aromatic rings. The number of ketones is 1. The number of hydrogen-bond donors (Lipinski definition) is 2. The molecule has 0 aliphatic carbocycles. The molecule has 110 valence electrons. The van der Waals surface area contributed by atoms with Crippen LogP contribution in [0.15, 0.2) is 12.1 Å². The van der Waals surface area contributed by atoms with Crippen LogP contribution < -0.4 is 19.9 Å². The summed E-state index contributed by atoms with van der Waals surface area (Å²) in [6.45, 7) is 0. The van der Waals surface area contributed by atoms with Gasteiger partial charge in [0.25, 0.3) is 0 Å². The van der Waals surface area contributed by atoms with E-state index in [1.807, 2.05) is 0 Å². The predicted octanol–water partition coefficient (Wildman–Crippen LogP) is 0.697. The largest absolute Gasteiger partial charge is 0.496 e. The van der Waals surface area contributed by atoms with Gasteiger partial charge < -0.3 is 25.1 Å². The van der Waals surface area contributed by atoms with E-state index in [0.717, 1.165) is 0 Å². The van der Waals surface area contributed by atoms with Crippen molar-refractivity contribution in [2.24, 2.45) is 5.73 Å². The number of Topliss-reactive ketones (excluding diaryl/α,β-unsaturated/α-hetero) is 1. The van der Waals surface area contributed by atoms with E-state index >= 15 is 0 Å². The second-order valence-electron chi connectivity index (χ2n) is 3.98. The zero-order valence-electron chi connectivity index (χ0n) is 11.5. The Morgan fingerprint density at radius 2 is 1.65 bits per heavy atom. The molecule has 1 rings (SSSR count). The SMILES string of the molecule is COc1cc(OC)c(C(=O)C(N)CC(=O)O)c(OC)c1. The molecule has 0 radical (unpaired) electrons. The van der Waals surface area contributed by atoms with Crippen molar-refractivity contribution in [2.75, 3.05) is 21.3 Å². The molecule has 0 fully saturated rings. The fourth-order valence-electron chi connectivity index (χ4n) is 1.71. The Balaban J connectivity index is 3.27. The third-order valence-corrected chi connectivity index (χ3v) is 2.69. The average Bonchev–Trinajstić information content (AvgIpc) is 2.43. The predicted molar refractivity (Wildman–Crippen MR) is 70.7 cm³/mol. The summed E-state index contributed by atoms with van der Waals surface area (Å²) in [6.07, 6.45) is -0.475. The Morgan fingerprint density at radius 1 is 1.15 bits per heavy atom. The fourth-order valence-corrected chi connectivity index (χ4v) is 1.71.